The number of aromatic nitrogens is 1. The monoisotopic (exact) mass is 478 g/mol. The van der Waals surface area contributed by atoms with Crippen molar-refractivity contribution in [3.05, 3.63) is 68.1 Å². The fourth-order valence-corrected chi connectivity index (χ4v) is 4.40. The normalized spacial score (nSPS) is 13.6. The SMILES string of the molecule is O=C(NCc1ccc(Cl)cc1Cl)[C@](F)(CCCS(=O)(=O)CCO)c1ccc[nH]c1=O. The molecule has 30 heavy (non-hydrogen) atoms. The van der Waals surface area contributed by atoms with Gasteiger partial charge in [-0.1, -0.05) is 29.3 Å². The number of hydrogen-bond acceptors (Lipinski definition) is 5. The van der Waals surface area contributed by atoms with Crippen LogP contribution < -0.4 is 10.9 Å². The smallest absolute Gasteiger partial charge is 0.262 e. The number of H-pyrrole nitrogens is 1. The lowest BCUT2D eigenvalue weighted by atomic mass is 9.91. The van der Waals surface area contributed by atoms with Crippen LogP contribution in [0.4, 0.5) is 4.39 Å². The Morgan fingerprint density at radius 2 is 1.97 bits per heavy atom. The molecule has 0 saturated carbocycles. The summed E-state index contributed by atoms with van der Waals surface area (Å²) in [6.45, 7) is -0.669. The molecular formula is C19H21Cl2FN2O5S. The highest BCUT2D eigenvalue weighted by atomic mass is 35.5. The first-order valence-corrected chi connectivity index (χ1v) is 11.6. The number of nitrogens with one attached hydrogen (secondary N) is 2. The lowest BCUT2D eigenvalue weighted by Gasteiger charge is -2.24. The summed E-state index contributed by atoms with van der Waals surface area (Å²) in [5.74, 6) is -1.98. The zero-order valence-electron chi connectivity index (χ0n) is 15.8. The summed E-state index contributed by atoms with van der Waals surface area (Å²) in [7, 11) is -3.60. The Balaban J connectivity index is 2.23. The molecule has 2 aromatic rings. The first kappa shape index (κ1) is 24.3. The molecule has 1 heterocycles. The Bertz CT molecular complexity index is 1060. The van der Waals surface area contributed by atoms with Crippen molar-refractivity contribution >= 4 is 38.9 Å². The van der Waals surface area contributed by atoms with Gasteiger partial charge in [-0.15, -0.1) is 0 Å². The number of rotatable bonds is 10. The van der Waals surface area contributed by atoms with Gasteiger partial charge in [0.25, 0.3) is 11.5 Å². The molecule has 0 aliphatic rings. The highest BCUT2D eigenvalue weighted by Gasteiger charge is 2.42. The summed E-state index contributed by atoms with van der Waals surface area (Å²) >= 11 is 11.9. The van der Waals surface area contributed by atoms with Crippen LogP contribution in [-0.4, -0.2) is 42.5 Å². The van der Waals surface area contributed by atoms with Gasteiger partial charge in [-0.2, -0.15) is 0 Å². The van der Waals surface area contributed by atoms with E-state index in [0.717, 1.165) is 0 Å². The second-order valence-electron chi connectivity index (χ2n) is 6.61. The third kappa shape index (κ3) is 6.28. The van der Waals surface area contributed by atoms with Gasteiger partial charge in [0.2, 0.25) is 5.67 Å². The first-order chi connectivity index (χ1) is 14.1. The Morgan fingerprint density at radius 3 is 2.60 bits per heavy atom. The molecule has 0 saturated heterocycles. The average Bonchev–Trinajstić information content (AvgIpc) is 2.67. The second-order valence-corrected chi connectivity index (χ2v) is 9.76. The van der Waals surface area contributed by atoms with Crippen LogP contribution in [0.1, 0.15) is 24.0 Å². The molecule has 1 aromatic heterocycles. The Morgan fingerprint density at radius 1 is 1.23 bits per heavy atom. The lowest BCUT2D eigenvalue weighted by molar-refractivity contribution is -0.134. The molecule has 7 nitrogen and oxygen atoms in total. The van der Waals surface area contributed by atoms with Gasteiger partial charge in [-0.25, -0.2) is 12.8 Å². The number of sulfone groups is 1. The zero-order valence-corrected chi connectivity index (χ0v) is 18.2. The van der Waals surface area contributed by atoms with Crippen molar-refractivity contribution in [2.24, 2.45) is 0 Å². The third-order valence-corrected chi connectivity index (χ3v) is 6.74. The highest BCUT2D eigenvalue weighted by molar-refractivity contribution is 7.91. The van der Waals surface area contributed by atoms with Crippen molar-refractivity contribution in [2.45, 2.75) is 25.1 Å². The molecule has 0 unspecified atom stereocenters. The number of pyridine rings is 1. The van der Waals surface area contributed by atoms with E-state index in [4.69, 9.17) is 28.3 Å². The van der Waals surface area contributed by atoms with E-state index in [-0.39, 0.29) is 18.0 Å². The van der Waals surface area contributed by atoms with E-state index >= 15 is 4.39 Å². The van der Waals surface area contributed by atoms with Crippen LogP contribution in [-0.2, 0) is 26.8 Å². The molecule has 11 heteroatoms. The highest BCUT2D eigenvalue weighted by Crippen LogP contribution is 2.30. The second kappa shape index (κ2) is 10.4. The largest absolute Gasteiger partial charge is 0.395 e. The predicted octanol–water partition coefficient (Wildman–Crippen LogP) is 2.35. The minimum absolute atomic E-state index is 0.117. The van der Waals surface area contributed by atoms with E-state index in [1.165, 1.54) is 24.4 Å². The standard InChI is InChI=1S/C19H21Cl2FN2O5S/c20-14-5-4-13(16(21)11-14)12-24-18(27)19(22,15-3-1-7-23-17(15)26)6-2-9-30(28,29)10-8-25/h1,3-5,7,11,25H,2,6,8-10,12H2,(H,23,26)(H,24,27)/t19-/m0/s1. The van der Waals surface area contributed by atoms with Gasteiger partial charge in [0.15, 0.2) is 9.84 Å². The number of aromatic amines is 1. The van der Waals surface area contributed by atoms with Crippen molar-refractivity contribution in [3.8, 4) is 0 Å². The fraction of sp³-hybridized carbons (Fsp3) is 0.368. The molecular weight excluding hydrogens is 458 g/mol. The van der Waals surface area contributed by atoms with Crippen molar-refractivity contribution in [1.82, 2.24) is 10.3 Å². The first-order valence-electron chi connectivity index (χ1n) is 8.99. The molecule has 2 rings (SSSR count). The summed E-state index contributed by atoms with van der Waals surface area (Å²) in [4.78, 5) is 27.2. The van der Waals surface area contributed by atoms with Gasteiger partial charge in [0.05, 0.1) is 23.7 Å². The van der Waals surface area contributed by atoms with Crippen molar-refractivity contribution in [1.29, 1.82) is 0 Å². The number of benzene rings is 1. The summed E-state index contributed by atoms with van der Waals surface area (Å²) in [6, 6.07) is 7.15. The lowest BCUT2D eigenvalue weighted by Crippen LogP contribution is -2.44. The topological polar surface area (TPSA) is 116 Å². The van der Waals surface area contributed by atoms with E-state index < -0.39 is 57.1 Å². The number of alkyl halides is 1. The molecule has 0 aliphatic carbocycles. The minimum Gasteiger partial charge on any atom is -0.395 e. The molecule has 1 amide bonds. The number of carbonyl (C=O) groups is 1. The van der Waals surface area contributed by atoms with E-state index in [1.54, 1.807) is 12.1 Å². The van der Waals surface area contributed by atoms with E-state index in [2.05, 4.69) is 10.3 Å². The number of carbonyl (C=O) groups excluding carboxylic acids is 1. The number of aliphatic hydroxyl groups is 1. The summed E-state index contributed by atoms with van der Waals surface area (Å²) < 4.78 is 39.5. The van der Waals surface area contributed by atoms with Gasteiger partial charge in [0.1, 0.15) is 0 Å². The number of aliphatic hydroxyl groups excluding tert-OH is 1. The van der Waals surface area contributed by atoms with Crippen LogP contribution in [0.15, 0.2) is 41.3 Å². The fourth-order valence-electron chi connectivity index (χ4n) is 2.86. The maximum Gasteiger partial charge on any atom is 0.262 e. The number of hydrogen-bond donors (Lipinski definition) is 3. The molecule has 1 aromatic carbocycles. The molecule has 0 bridgehead atoms. The van der Waals surface area contributed by atoms with Crippen LogP contribution in [0, 0.1) is 0 Å². The predicted molar refractivity (Wildman–Crippen MR) is 113 cm³/mol. The van der Waals surface area contributed by atoms with Crippen molar-refractivity contribution < 1.29 is 22.7 Å². The van der Waals surface area contributed by atoms with Gasteiger partial charge in [-0.05, 0) is 42.7 Å². The quantitative estimate of drug-likeness (QED) is 0.484. The van der Waals surface area contributed by atoms with E-state index in [9.17, 15) is 18.0 Å². The zero-order chi connectivity index (χ0) is 22.4. The summed E-state index contributed by atoms with van der Waals surface area (Å²) in [5.41, 5.74) is -3.49. The van der Waals surface area contributed by atoms with Crippen LogP contribution in [0.2, 0.25) is 10.0 Å². The Labute approximate surface area is 183 Å². The molecule has 1 atom stereocenters. The molecule has 0 spiro atoms. The molecule has 3 N–H and O–H groups in total. The molecule has 164 valence electrons. The van der Waals surface area contributed by atoms with E-state index in [1.807, 2.05) is 0 Å². The van der Waals surface area contributed by atoms with Crippen LogP contribution in [0.3, 0.4) is 0 Å². The maximum atomic E-state index is 15.9. The van der Waals surface area contributed by atoms with Gasteiger partial charge >= 0.3 is 0 Å². The van der Waals surface area contributed by atoms with Gasteiger partial charge < -0.3 is 15.4 Å². The van der Waals surface area contributed by atoms with Crippen molar-refractivity contribution in [2.75, 3.05) is 18.1 Å². The van der Waals surface area contributed by atoms with Crippen LogP contribution in [0.25, 0.3) is 0 Å². The molecule has 0 radical (unpaired) electrons. The third-order valence-electron chi connectivity index (χ3n) is 4.44. The van der Waals surface area contributed by atoms with Gasteiger partial charge in [-0.3, -0.25) is 9.59 Å². The van der Waals surface area contributed by atoms with Crippen LogP contribution >= 0.6 is 23.2 Å². The summed E-state index contributed by atoms with van der Waals surface area (Å²) in [6.07, 6.45) is 0.538. The van der Waals surface area contributed by atoms with Crippen LogP contribution in [0.5, 0.6) is 0 Å². The Hall–Kier alpha value is -1.94. The van der Waals surface area contributed by atoms with Crippen molar-refractivity contribution in [3.63, 3.8) is 0 Å². The van der Waals surface area contributed by atoms with Gasteiger partial charge in [0, 0.05) is 22.8 Å². The molecule has 0 aliphatic heterocycles. The maximum absolute atomic E-state index is 15.9. The van der Waals surface area contributed by atoms with E-state index in [0.29, 0.717) is 10.6 Å². The average molecular weight is 479 g/mol. The summed E-state index contributed by atoms with van der Waals surface area (Å²) in [5, 5.41) is 11.9. The Kier molecular flexibility index (Phi) is 8.42. The molecule has 0 fully saturated rings. The minimum atomic E-state index is -3.60. The number of halogens is 3. The number of amides is 1.